The van der Waals surface area contributed by atoms with Crippen molar-refractivity contribution in [2.45, 2.75) is 56.8 Å². The normalized spacial score (nSPS) is 31.5. The van der Waals surface area contributed by atoms with Crippen LogP contribution in [0.2, 0.25) is 0 Å². The van der Waals surface area contributed by atoms with Crippen molar-refractivity contribution in [3.8, 4) is 0 Å². The molecule has 0 spiro atoms. The Morgan fingerprint density at radius 2 is 1.96 bits per heavy atom. The van der Waals surface area contributed by atoms with Gasteiger partial charge in [0.15, 0.2) is 5.54 Å². The van der Waals surface area contributed by atoms with Gasteiger partial charge >= 0.3 is 5.97 Å². The monoisotopic (exact) mass is 327 g/mol. The molecular formula is C16H25NO6. The van der Waals surface area contributed by atoms with Crippen LogP contribution >= 0.6 is 0 Å². The van der Waals surface area contributed by atoms with Gasteiger partial charge in [-0.15, -0.1) is 0 Å². The maximum absolute atomic E-state index is 12.9. The first-order chi connectivity index (χ1) is 11.1. The molecule has 0 N–H and O–H groups in total. The van der Waals surface area contributed by atoms with E-state index in [-0.39, 0.29) is 12.9 Å². The van der Waals surface area contributed by atoms with Crippen LogP contribution in [-0.2, 0) is 28.6 Å². The fourth-order valence-electron chi connectivity index (χ4n) is 3.78. The summed E-state index contributed by atoms with van der Waals surface area (Å²) in [5, 5.41) is 0. The van der Waals surface area contributed by atoms with Gasteiger partial charge in [-0.05, 0) is 39.0 Å². The number of carbonyl (C=O) groups is 3. The third-order valence-corrected chi connectivity index (χ3v) is 4.81. The van der Waals surface area contributed by atoms with Gasteiger partial charge < -0.3 is 19.1 Å². The van der Waals surface area contributed by atoms with Crippen molar-refractivity contribution in [3.63, 3.8) is 0 Å². The van der Waals surface area contributed by atoms with Crippen LogP contribution in [-0.4, -0.2) is 61.3 Å². The smallest absolute Gasteiger partial charge is 0.337 e. The summed E-state index contributed by atoms with van der Waals surface area (Å²) in [6.07, 6.45) is 4.22. The molecule has 2 aliphatic heterocycles. The van der Waals surface area contributed by atoms with Crippen LogP contribution in [0.4, 0.5) is 0 Å². The van der Waals surface area contributed by atoms with Gasteiger partial charge in [-0.2, -0.15) is 0 Å². The summed E-state index contributed by atoms with van der Waals surface area (Å²) in [7, 11) is 1.48. The number of nitrogens with zero attached hydrogens (tertiary/aromatic N) is 1. The summed E-state index contributed by atoms with van der Waals surface area (Å²) in [4.78, 5) is 37.6. The number of methoxy groups -OCH3 is 1. The molecule has 2 fully saturated rings. The Labute approximate surface area is 136 Å². The molecule has 2 heterocycles. The number of hydrogen-bond acceptors (Lipinski definition) is 6. The average molecular weight is 327 g/mol. The van der Waals surface area contributed by atoms with Gasteiger partial charge in [-0.1, -0.05) is 0 Å². The van der Waals surface area contributed by atoms with E-state index in [2.05, 4.69) is 0 Å². The number of carbonyl (C=O) groups excluding carboxylic acids is 3. The molecule has 0 aromatic heterocycles. The third-order valence-electron chi connectivity index (χ3n) is 4.81. The molecule has 130 valence electrons. The van der Waals surface area contributed by atoms with E-state index in [0.717, 1.165) is 25.7 Å². The Morgan fingerprint density at radius 3 is 2.52 bits per heavy atom. The third kappa shape index (κ3) is 2.87. The molecule has 0 aromatic rings. The van der Waals surface area contributed by atoms with E-state index in [4.69, 9.17) is 14.2 Å². The minimum atomic E-state index is -1.41. The Kier molecular flexibility index (Phi) is 5.75. The molecule has 23 heavy (non-hydrogen) atoms. The molecule has 1 amide bonds. The Bertz CT molecular complexity index is 459. The van der Waals surface area contributed by atoms with Crippen molar-refractivity contribution in [1.82, 2.24) is 4.90 Å². The number of aldehydes is 1. The van der Waals surface area contributed by atoms with Crippen molar-refractivity contribution < 1.29 is 28.6 Å². The van der Waals surface area contributed by atoms with Crippen LogP contribution in [0.1, 0.15) is 45.4 Å². The molecule has 7 heteroatoms. The second-order valence-electron chi connectivity index (χ2n) is 5.91. The van der Waals surface area contributed by atoms with Crippen molar-refractivity contribution >= 4 is 18.2 Å². The quantitative estimate of drug-likeness (QED) is 0.426. The van der Waals surface area contributed by atoms with Crippen molar-refractivity contribution in [2.75, 3.05) is 26.9 Å². The molecule has 2 saturated heterocycles. The Hall–Kier alpha value is -1.47. The zero-order valence-electron chi connectivity index (χ0n) is 13.8. The molecule has 2 aliphatic rings. The number of likely N-dealkylation sites (tertiary alicyclic amines) is 1. The van der Waals surface area contributed by atoms with Gasteiger partial charge in [-0.25, -0.2) is 4.79 Å². The first-order valence-electron chi connectivity index (χ1n) is 8.21. The standard InChI is InChI=1S/C16H25NO6/c1-3-22-14(20)15(16(21-2)9-5-7-11-23-16)8-4-6-10-17(15)13(19)12-18/h12H,3-11H2,1-2H3. The molecule has 7 nitrogen and oxygen atoms in total. The van der Waals surface area contributed by atoms with E-state index >= 15 is 0 Å². The van der Waals surface area contributed by atoms with Gasteiger partial charge in [0.25, 0.3) is 5.91 Å². The van der Waals surface area contributed by atoms with Gasteiger partial charge in [0, 0.05) is 20.1 Å². The lowest BCUT2D eigenvalue weighted by molar-refractivity contribution is -0.305. The second-order valence-corrected chi connectivity index (χ2v) is 5.91. The number of rotatable bonds is 5. The largest absolute Gasteiger partial charge is 0.464 e. The highest BCUT2D eigenvalue weighted by atomic mass is 16.7. The predicted molar refractivity (Wildman–Crippen MR) is 80.5 cm³/mol. The van der Waals surface area contributed by atoms with E-state index < -0.39 is 23.2 Å². The minimum absolute atomic E-state index is 0.184. The van der Waals surface area contributed by atoms with Crippen LogP contribution in [0.3, 0.4) is 0 Å². The minimum Gasteiger partial charge on any atom is -0.464 e. The first-order valence-corrected chi connectivity index (χ1v) is 8.21. The summed E-state index contributed by atoms with van der Waals surface area (Å²) in [5.74, 6) is -2.56. The fraction of sp³-hybridized carbons (Fsp3) is 0.812. The topological polar surface area (TPSA) is 82.1 Å². The number of hydrogen-bond donors (Lipinski definition) is 0. The van der Waals surface area contributed by atoms with Crippen LogP contribution in [0.25, 0.3) is 0 Å². The van der Waals surface area contributed by atoms with E-state index in [9.17, 15) is 14.4 Å². The highest BCUT2D eigenvalue weighted by Gasteiger charge is 2.65. The summed E-state index contributed by atoms with van der Waals surface area (Å²) < 4.78 is 16.9. The zero-order chi connectivity index (χ0) is 16.9. The maximum atomic E-state index is 12.9. The summed E-state index contributed by atoms with van der Waals surface area (Å²) in [6, 6.07) is 0. The summed E-state index contributed by atoms with van der Waals surface area (Å²) >= 11 is 0. The molecule has 0 saturated carbocycles. The van der Waals surface area contributed by atoms with Gasteiger partial charge in [0.05, 0.1) is 13.2 Å². The molecule has 0 bridgehead atoms. The molecule has 2 unspecified atom stereocenters. The number of esters is 1. The van der Waals surface area contributed by atoms with Crippen molar-refractivity contribution in [1.29, 1.82) is 0 Å². The highest BCUT2D eigenvalue weighted by Crippen LogP contribution is 2.45. The molecule has 2 rings (SSSR count). The van der Waals surface area contributed by atoms with Crippen LogP contribution in [0.15, 0.2) is 0 Å². The number of amides is 1. The van der Waals surface area contributed by atoms with E-state index in [0.29, 0.717) is 26.0 Å². The van der Waals surface area contributed by atoms with E-state index in [1.165, 1.54) is 12.0 Å². The van der Waals surface area contributed by atoms with Gasteiger partial charge in [0.1, 0.15) is 0 Å². The molecule has 0 radical (unpaired) electrons. The van der Waals surface area contributed by atoms with Crippen molar-refractivity contribution in [3.05, 3.63) is 0 Å². The van der Waals surface area contributed by atoms with Crippen LogP contribution in [0, 0.1) is 0 Å². The number of ether oxygens (including phenoxy) is 3. The Balaban J connectivity index is 2.55. The average Bonchev–Trinajstić information content (AvgIpc) is 2.61. The lowest BCUT2D eigenvalue weighted by Crippen LogP contribution is -2.74. The van der Waals surface area contributed by atoms with Crippen LogP contribution < -0.4 is 0 Å². The Morgan fingerprint density at radius 1 is 1.22 bits per heavy atom. The molecule has 0 aliphatic carbocycles. The van der Waals surface area contributed by atoms with E-state index in [1.54, 1.807) is 6.92 Å². The molecule has 2 atom stereocenters. The lowest BCUT2D eigenvalue weighted by atomic mass is 9.75. The first kappa shape index (κ1) is 17.9. The van der Waals surface area contributed by atoms with Gasteiger partial charge in [-0.3, -0.25) is 9.59 Å². The van der Waals surface area contributed by atoms with E-state index in [1.807, 2.05) is 0 Å². The van der Waals surface area contributed by atoms with Crippen molar-refractivity contribution in [2.24, 2.45) is 0 Å². The SMILES string of the molecule is CCOC(=O)C1(C2(OC)CCCCO2)CCCCN1C(=O)C=O. The summed E-state index contributed by atoms with van der Waals surface area (Å²) in [5.41, 5.74) is -1.41. The lowest BCUT2D eigenvalue weighted by Gasteiger charge is -2.55. The highest BCUT2D eigenvalue weighted by molar-refractivity contribution is 6.24. The molecular weight excluding hydrogens is 302 g/mol. The summed E-state index contributed by atoms with van der Waals surface area (Å²) in [6.45, 7) is 2.65. The van der Waals surface area contributed by atoms with Crippen LogP contribution in [0.5, 0.6) is 0 Å². The zero-order valence-corrected chi connectivity index (χ0v) is 13.8. The predicted octanol–water partition coefficient (Wildman–Crippen LogP) is 1.04. The molecule has 0 aromatic carbocycles. The fourth-order valence-corrected chi connectivity index (χ4v) is 3.78. The maximum Gasteiger partial charge on any atom is 0.337 e. The number of piperidine rings is 1. The second kappa shape index (κ2) is 7.40. The van der Waals surface area contributed by atoms with Gasteiger partial charge in [0.2, 0.25) is 12.1 Å².